The fourth-order valence-electron chi connectivity index (χ4n) is 3.43. The van der Waals surface area contributed by atoms with E-state index < -0.39 is 52.6 Å². The Balaban J connectivity index is 2.02. The van der Waals surface area contributed by atoms with Crippen molar-refractivity contribution in [1.29, 1.82) is 0 Å². The van der Waals surface area contributed by atoms with Gasteiger partial charge in [0.15, 0.2) is 18.1 Å². The number of ether oxygens (including phenoxy) is 4. The molecule has 0 spiro atoms. The normalized spacial score (nSPS) is 33.1. The molecule has 2 aliphatic rings. The van der Waals surface area contributed by atoms with Crippen molar-refractivity contribution in [3.05, 3.63) is 33.1 Å². The topological polar surface area (TPSA) is 109 Å². The Bertz CT molecular complexity index is 834. The molecule has 1 aromatic rings. The highest BCUT2D eigenvalue weighted by Gasteiger charge is 2.66. The summed E-state index contributed by atoms with van der Waals surface area (Å²) in [6.07, 6.45) is -1.53. The maximum Gasteiger partial charge on any atom is 0.338 e. The minimum absolute atomic E-state index is 0.529. The molecule has 1 aromatic heterocycles. The summed E-state index contributed by atoms with van der Waals surface area (Å²) in [5, 5.41) is 0. The lowest BCUT2D eigenvalue weighted by Crippen LogP contribution is -2.46. The van der Waals surface area contributed by atoms with Crippen molar-refractivity contribution in [2.75, 3.05) is 0 Å². The smallest absolute Gasteiger partial charge is 0.338 e. The second-order valence-electron chi connectivity index (χ2n) is 8.18. The molecule has 0 amide bonds. The van der Waals surface area contributed by atoms with Crippen LogP contribution in [0.1, 0.15) is 47.8 Å². The van der Waals surface area contributed by atoms with Crippen LogP contribution in [0.5, 0.6) is 0 Å². The number of H-pyrrole nitrogens is 1. The lowest BCUT2D eigenvalue weighted by atomic mass is 9.96. The summed E-state index contributed by atoms with van der Waals surface area (Å²) in [7, 11) is 0. The lowest BCUT2D eigenvalue weighted by molar-refractivity contribution is -0.221. The van der Waals surface area contributed by atoms with E-state index in [9.17, 15) is 14.4 Å². The fraction of sp³-hybridized carbons (Fsp3) is 0.706. The van der Waals surface area contributed by atoms with Crippen molar-refractivity contribution < 1.29 is 23.7 Å². The third kappa shape index (κ3) is 3.22. The van der Waals surface area contributed by atoms with Gasteiger partial charge in [0, 0.05) is 12.3 Å². The summed E-state index contributed by atoms with van der Waals surface area (Å²) >= 11 is 0. The minimum Gasteiger partial charge on any atom is -0.458 e. The molecule has 0 saturated carbocycles. The SMILES string of the molecule is CC(C)(C)OC(=O)[C@H]1O[C@@H](n2ccc(=O)[nH]c2=O)[C@]2(C)OC(C)(C)O[C@H]12. The molecule has 3 heterocycles. The van der Waals surface area contributed by atoms with E-state index in [-0.39, 0.29) is 0 Å². The van der Waals surface area contributed by atoms with Crippen LogP contribution in [0, 0.1) is 0 Å². The monoisotopic (exact) mass is 368 g/mol. The Kier molecular flexibility index (Phi) is 4.17. The van der Waals surface area contributed by atoms with Gasteiger partial charge in [-0.2, -0.15) is 0 Å². The van der Waals surface area contributed by atoms with Crippen LogP contribution in [0.4, 0.5) is 0 Å². The Morgan fingerprint density at radius 1 is 1.27 bits per heavy atom. The van der Waals surface area contributed by atoms with E-state index in [1.165, 1.54) is 16.8 Å². The largest absolute Gasteiger partial charge is 0.458 e. The zero-order valence-corrected chi connectivity index (χ0v) is 15.7. The number of hydrogen-bond donors (Lipinski definition) is 1. The summed E-state index contributed by atoms with van der Waals surface area (Å²) in [5.74, 6) is -1.58. The van der Waals surface area contributed by atoms with E-state index in [0.29, 0.717) is 0 Å². The molecule has 9 nitrogen and oxygen atoms in total. The van der Waals surface area contributed by atoms with E-state index in [2.05, 4.69) is 4.98 Å². The molecule has 1 N–H and O–H groups in total. The van der Waals surface area contributed by atoms with Crippen LogP contribution < -0.4 is 11.2 Å². The summed E-state index contributed by atoms with van der Waals surface area (Å²) in [4.78, 5) is 38.4. The average molecular weight is 368 g/mol. The molecular formula is C17H24N2O7. The van der Waals surface area contributed by atoms with Gasteiger partial charge in [-0.05, 0) is 41.5 Å². The minimum atomic E-state index is -1.13. The standard InChI is InChI=1S/C17H24N2O7/c1-15(2,3)25-12(21)10-11-17(6,26-16(4,5)24-11)13(23-10)19-8-7-9(20)18-14(19)22/h7-8,10-11,13H,1-6H3,(H,18,20,22)/t10-,11+,13+,17+/m0/s1. The molecule has 3 rings (SSSR count). The van der Waals surface area contributed by atoms with Gasteiger partial charge in [-0.1, -0.05) is 0 Å². The van der Waals surface area contributed by atoms with Crippen molar-refractivity contribution >= 4 is 5.97 Å². The highest BCUT2D eigenvalue weighted by Crippen LogP contribution is 2.50. The van der Waals surface area contributed by atoms with Gasteiger partial charge >= 0.3 is 11.7 Å². The maximum atomic E-state index is 12.6. The van der Waals surface area contributed by atoms with Crippen molar-refractivity contribution in [2.45, 2.75) is 77.0 Å². The summed E-state index contributed by atoms with van der Waals surface area (Å²) in [6.45, 7) is 10.4. The molecule has 144 valence electrons. The van der Waals surface area contributed by atoms with Gasteiger partial charge in [0.05, 0.1) is 0 Å². The molecule has 0 bridgehead atoms. The number of carbonyl (C=O) groups is 1. The molecule has 0 aromatic carbocycles. The van der Waals surface area contributed by atoms with Crippen molar-refractivity contribution in [1.82, 2.24) is 9.55 Å². The molecule has 2 fully saturated rings. The Morgan fingerprint density at radius 3 is 2.50 bits per heavy atom. The van der Waals surface area contributed by atoms with Crippen molar-refractivity contribution in [3.63, 3.8) is 0 Å². The van der Waals surface area contributed by atoms with Gasteiger partial charge < -0.3 is 18.9 Å². The van der Waals surface area contributed by atoms with Crippen LogP contribution >= 0.6 is 0 Å². The van der Waals surface area contributed by atoms with Gasteiger partial charge in [0.25, 0.3) is 5.56 Å². The zero-order valence-electron chi connectivity index (χ0n) is 15.7. The van der Waals surface area contributed by atoms with Gasteiger partial charge in [-0.3, -0.25) is 14.3 Å². The number of aromatic amines is 1. The molecule has 0 aliphatic carbocycles. The van der Waals surface area contributed by atoms with E-state index >= 15 is 0 Å². The van der Waals surface area contributed by atoms with Crippen LogP contribution in [0.25, 0.3) is 0 Å². The molecule has 9 heteroatoms. The lowest BCUT2D eigenvalue weighted by Gasteiger charge is -2.30. The number of carbonyl (C=O) groups excluding carboxylic acids is 1. The van der Waals surface area contributed by atoms with Crippen LogP contribution in [0.3, 0.4) is 0 Å². The number of hydrogen-bond acceptors (Lipinski definition) is 7. The predicted molar refractivity (Wildman–Crippen MR) is 89.5 cm³/mol. The quantitative estimate of drug-likeness (QED) is 0.765. The Labute approximate surface area is 150 Å². The Morgan fingerprint density at radius 2 is 1.92 bits per heavy atom. The number of rotatable bonds is 2. The molecule has 2 aliphatic heterocycles. The maximum absolute atomic E-state index is 12.6. The summed E-state index contributed by atoms with van der Waals surface area (Å²) in [5.41, 5.74) is -3.04. The number of aromatic nitrogens is 2. The van der Waals surface area contributed by atoms with Crippen LogP contribution in [-0.2, 0) is 23.7 Å². The van der Waals surface area contributed by atoms with Crippen molar-refractivity contribution in [2.24, 2.45) is 0 Å². The van der Waals surface area contributed by atoms with Crippen LogP contribution in [-0.4, -0.2) is 44.7 Å². The van der Waals surface area contributed by atoms with Crippen LogP contribution in [0.15, 0.2) is 21.9 Å². The summed E-state index contributed by atoms with van der Waals surface area (Å²) < 4.78 is 24.4. The average Bonchev–Trinajstić information content (AvgIpc) is 2.83. The van der Waals surface area contributed by atoms with Gasteiger partial charge in [0.1, 0.15) is 17.3 Å². The third-order valence-electron chi connectivity index (χ3n) is 4.23. The number of esters is 1. The van der Waals surface area contributed by atoms with E-state index in [0.717, 1.165) is 0 Å². The first-order valence-corrected chi connectivity index (χ1v) is 8.40. The van der Waals surface area contributed by atoms with E-state index in [4.69, 9.17) is 18.9 Å². The van der Waals surface area contributed by atoms with Crippen molar-refractivity contribution in [3.8, 4) is 0 Å². The predicted octanol–water partition coefficient (Wildman–Crippen LogP) is 0.686. The first-order valence-electron chi connectivity index (χ1n) is 8.40. The second-order valence-corrected chi connectivity index (χ2v) is 8.18. The van der Waals surface area contributed by atoms with E-state index in [1.807, 2.05) is 0 Å². The third-order valence-corrected chi connectivity index (χ3v) is 4.23. The van der Waals surface area contributed by atoms with Crippen LogP contribution in [0.2, 0.25) is 0 Å². The number of nitrogens with zero attached hydrogens (tertiary/aromatic N) is 1. The molecule has 0 unspecified atom stereocenters. The van der Waals surface area contributed by atoms with Gasteiger partial charge in [-0.25, -0.2) is 9.59 Å². The Hall–Kier alpha value is -1.97. The molecule has 0 radical (unpaired) electrons. The first kappa shape index (κ1) is 18.8. The molecular weight excluding hydrogens is 344 g/mol. The summed E-state index contributed by atoms with van der Waals surface area (Å²) in [6, 6.07) is 1.20. The first-order chi connectivity index (χ1) is 11.8. The van der Waals surface area contributed by atoms with Gasteiger partial charge in [0.2, 0.25) is 0 Å². The number of fused-ring (bicyclic) bond motifs is 1. The highest BCUT2D eigenvalue weighted by atomic mass is 16.8. The fourth-order valence-corrected chi connectivity index (χ4v) is 3.43. The molecule has 2 saturated heterocycles. The van der Waals surface area contributed by atoms with Gasteiger partial charge in [-0.15, -0.1) is 0 Å². The second kappa shape index (κ2) is 5.77. The molecule has 4 atom stereocenters. The number of nitrogens with one attached hydrogen (secondary N) is 1. The van der Waals surface area contributed by atoms with E-state index in [1.54, 1.807) is 41.5 Å². The zero-order chi connectivity index (χ0) is 19.5. The molecule has 26 heavy (non-hydrogen) atoms. The highest BCUT2D eigenvalue weighted by molar-refractivity contribution is 5.76.